The molecule has 0 saturated heterocycles. The van der Waals surface area contributed by atoms with Gasteiger partial charge in [0, 0.05) is 11.9 Å². The van der Waals surface area contributed by atoms with Crippen LogP contribution in [0.3, 0.4) is 0 Å². The van der Waals surface area contributed by atoms with Gasteiger partial charge in [-0.3, -0.25) is 4.57 Å². The van der Waals surface area contributed by atoms with Gasteiger partial charge in [0.2, 0.25) is 0 Å². The van der Waals surface area contributed by atoms with Crippen LogP contribution in [-0.4, -0.2) is 24.7 Å². The predicted octanol–water partition coefficient (Wildman–Crippen LogP) is 2.24. The maximum atomic E-state index is 5.31. The molecule has 90 valence electrons. The Morgan fingerprint density at radius 3 is 3.00 bits per heavy atom. The third kappa shape index (κ3) is 1.91. The fraction of sp³-hybridized carbons (Fsp3) is 0.167. The van der Waals surface area contributed by atoms with Gasteiger partial charge in [0.05, 0.1) is 17.8 Å². The van der Waals surface area contributed by atoms with Gasteiger partial charge < -0.3 is 4.98 Å². The molecule has 0 aromatic carbocycles. The van der Waals surface area contributed by atoms with Gasteiger partial charge in [-0.2, -0.15) is 10.2 Å². The molecule has 5 nitrogen and oxygen atoms in total. The maximum absolute atomic E-state index is 5.31. The summed E-state index contributed by atoms with van der Waals surface area (Å²) in [7, 11) is 0. The molecule has 0 amide bonds. The third-order valence-corrected chi connectivity index (χ3v) is 3.03. The third-order valence-electron chi connectivity index (χ3n) is 2.70. The van der Waals surface area contributed by atoms with Crippen molar-refractivity contribution >= 4 is 23.4 Å². The molecule has 0 bridgehead atoms. The van der Waals surface area contributed by atoms with Crippen LogP contribution in [-0.2, 0) is 6.54 Å². The number of aromatic nitrogens is 5. The molecule has 3 aromatic heterocycles. The van der Waals surface area contributed by atoms with E-state index in [1.807, 2.05) is 35.8 Å². The topological polar surface area (TPSA) is 59.4 Å². The van der Waals surface area contributed by atoms with Crippen molar-refractivity contribution in [3.05, 3.63) is 46.6 Å². The zero-order valence-electron chi connectivity index (χ0n) is 9.79. The Labute approximate surface area is 109 Å². The lowest BCUT2D eigenvalue weighted by molar-refractivity contribution is 0.755. The average Bonchev–Trinajstić information content (AvgIpc) is 2.67. The predicted molar refractivity (Wildman–Crippen MR) is 70.8 cm³/mol. The Morgan fingerprint density at radius 1 is 1.33 bits per heavy atom. The Morgan fingerprint density at radius 2 is 2.22 bits per heavy atom. The molecule has 3 heterocycles. The molecule has 18 heavy (non-hydrogen) atoms. The first-order chi connectivity index (χ1) is 8.74. The zero-order chi connectivity index (χ0) is 12.5. The second kappa shape index (κ2) is 4.30. The van der Waals surface area contributed by atoms with E-state index in [4.69, 9.17) is 12.2 Å². The van der Waals surface area contributed by atoms with Gasteiger partial charge in [0.15, 0.2) is 10.4 Å². The Balaban J connectivity index is 2.14. The number of nitrogens with one attached hydrogen (secondary N) is 1. The highest BCUT2D eigenvalue weighted by atomic mass is 32.1. The van der Waals surface area contributed by atoms with Crippen LogP contribution in [0.4, 0.5) is 0 Å². The van der Waals surface area contributed by atoms with E-state index < -0.39 is 0 Å². The second-order valence-corrected chi connectivity index (χ2v) is 4.44. The molecule has 0 unspecified atom stereocenters. The Kier molecular flexibility index (Phi) is 2.64. The fourth-order valence-corrected chi connectivity index (χ4v) is 2.11. The van der Waals surface area contributed by atoms with Crippen LogP contribution in [0, 0.1) is 11.7 Å². The minimum atomic E-state index is 0.573. The number of pyridine rings is 1. The van der Waals surface area contributed by atoms with E-state index in [-0.39, 0.29) is 0 Å². The Hall–Kier alpha value is -2.08. The van der Waals surface area contributed by atoms with Gasteiger partial charge >= 0.3 is 0 Å². The molecular weight excluding hydrogens is 246 g/mol. The van der Waals surface area contributed by atoms with Gasteiger partial charge in [-0.05, 0) is 43.4 Å². The number of imidazole rings is 1. The molecule has 3 rings (SSSR count). The largest absolute Gasteiger partial charge is 0.329 e. The summed E-state index contributed by atoms with van der Waals surface area (Å²) in [5, 5.41) is 7.93. The number of nitrogens with zero attached hydrogens (tertiary/aromatic N) is 4. The van der Waals surface area contributed by atoms with E-state index in [0.29, 0.717) is 11.3 Å². The van der Waals surface area contributed by atoms with Crippen LogP contribution in [0.15, 0.2) is 30.5 Å². The van der Waals surface area contributed by atoms with Gasteiger partial charge in [-0.1, -0.05) is 0 Å². The molecule has 1 N–H and O–H groups in total. The number of fused-ring (bicyclic) bond motifs is 1. The van der Waals surface area contributed by atoms with Crippen LogP contribution in [0.2, 0.25) is 0 Å². The number of aromatic amines is 1. The lowest BCUT2D eigenvalue weighted by Gasteiger charge is -2.02. The summed E-state index contributed by atoms with van der Waals surface area (Å²) in [4.78, 5) is 7.65. The quantitative estimate of drug-likeness (QED) is 0.715. The number of aryl methyl sites for hydroxylation is 1. The van der Waals surface area contributed by atoms with E-state index in [2.05, 4.69) is 20.2 Å². The first-order valence-corrected chi connectivity index (χ1v) is 5.97. The molecular formula is C12H11N5S. The van der Waals surface area contributed by atoms with Crippen LogP contribution < -0.4 is 0 Å². The highest BCUT2D eigenvalue weighted by Gasteiger charge is 2.07. The second-order valence-electron chi connectivity index (χ2n) is 4.06. The van der Waals surface area contributed by atoms with Crippen LogP contribution in [0.5, 0.6) is 0 Å². The van der Waals surface area contributed by atoms with E-state index in [1.54, 1.807) is 6.20 Å². The van der Waals surface area contributed by atoms with E-state index in [0.717, 1.165) is 22.6 Å². The van der Waals surface area contributed by atoms with Crippen molar-refractivity contribution in [3.63, 3.8) is 0 Å². The first-order valence-electron chi connectivity index (χ1n) is 5.57. The normalized spacial score (nSPS) is 10.9. The van der Waals surface area contributed by atoms with Crippen molar-refractivity contribution in [2.75, 3.05) is 0 Å². The van der Waals surface area contributed by atoms with Crippen molar-refractivity contribution in [2.24, 2.45) is 0 Å². The van der Waals surface area contributed by atoms with Gasteiger partial charge in [0.25, 0.3) is 0 Å². The molecule has 0 aliphatic heterocycles. The SMILES string of the molecule is Cc1ccc2[nH]c(=S)n(Cc3cccnn3)c2n1. The highest BCUT2D eigenvalue weighted by molar-refractivity contribution is 7.71. The molecule has 0 aliphatic rings. The maximum Gasteiger partial charge on any atom is 0.179 e. The molecule has 0 radical (unpaired) electrons. The molecule has 0 atom stereocenters. The summed E-state index contributed by atoms with van der Waals surface area (Å²) in [6.07, 6.45) is 1.65. The van der Waals surface area contributed by atoms with E-state index in [1.165, 1.54) is 0 Å². The molecule has 0 fully saturated rings. The summed E-state index contributed by atoms with van der Waals surface area (Å²) in [5.41, 5.74) is 3.61. The van der Waals surface area contributed by atoms with Gasteiger partial charge in [-0.25, -0.2) is 4.98 Å². The van der Waals surface area contributed by atoms with Gasteiger partial charge in [-0.15, -0.1) is 0 Å². The summed E-state index contributed by atoms with van der Waals surface area (Å²) in [5.74, 6) is 0. The Bertz CT molecular complexity index is 744. The van der Waals surface area contributed by atoms with Crippen LogP contribution >= 0.6 is 12.2 Å². The van der Waals surface area contributed by atoms with Gasteiger partial charge in [0.1, 0.15) is 0 Å². The first kappa shape index (κ1) is 11.0. The summed E-state index contributed by atoms with van der Waals surface area (Å²) in [6.45, 7) is 2.53. The van der Waals surface area contributed by atoms with Crippen molar-refractivity contribution in [2.45, 2.75) is 13.5 Å². The van der Waals surface area contributed by atoms with Crippen molar-refractivity contribution in [3.8, 4) is 0 Å². The highest BCUT2D eigenvalue weighted by Crippen LogP contribution is 2.13. The number of rotatable bonds is 2. The standard InChI is InChI=1S/C12H11N5S/c1-8-4-5-10-11(14-8)17(12(18)15-10)7-9-3-2-6-13-16-9/h2-6H,7H2,1H3,(H,15,18). The molecule has 6 heteroatoms. The molecule has 0 spiro atoms. The number of hydrogen-bond donors (Lipinski definition) is 1. The molecule has 0 saturated carbocycles. The summed E-state index contributed by atoms with van der Waals surface area (Å²) < 4.78 is 2.58. The molecule has 3 aromatic rings. The number of H-pyrrole nitrogens is 1. The van der Waals surface area contributed by atoms with Crippen molar-refractivity contribution in [1.29, 1.82) is 0 Å². The summed E-state index contributed by atoms with van der Waals surface area (Å²) >= 11 is 5.31. The smallest absolute Gasteiger partial charge is 0.179 e. The van der Waals surface area contributed by atoms with Crippen molar-refractivity contribution < 1.29 is 0 Å². The van der Waals surface area contributed by atoms with E-state index in [9.17, 15) is 0 Å². The number of hydrogen-bond acceptors (Lipinski definition) is 4. The van der Waals surface area contributed by atoms with Crippen LogP contribution in [0.25, 0.3) is 11.2 Å². The zero-order valence-corrected chi connectivity index (χ0v) is 10.6. The lowest BCUT2D eigenvalue weighted by Crippen LogP contribution is -2.03. The average molecular weight is 257 g/mol. The summed E-state index contributed by atoms with van der Waals surface area (Å²) in [6, 6.07) is 7.73. The molecule has 0 aliphatic carbocycles. The van der Waals surface area contributed by atoms with Crippen molar-refractivity contribution in [1.82, 2.24) is 24.7 Å². The minimum absolute atomic E-state index is 0.573. The van der Waals surface area contributed by atoms with E-state index >= 15 is 0 Å². The minimum Gasteiger partial charge on any atom is -0.329 e. The fourth-order valence-electron chi connectivity index (χ4n) is 1.85. The monoisotopic (exact) mass is 257 g/mol. The van der Waals surface area contributed by atoms with Crippen LogP contribution in [0.1, 0.15) is 11.4 Å². The lowest BCUT2D eigenvalue weighted by atomic mass is 10.3.